The molecule has 1 aromatic carbocycles. The molecular formula is C16H18N2O3. The fourth-order valence-electron chi connectivity index (χ4n) is 2.31. The summed E-state index contributed by atoms with van der Waals surface area (Å²) < 4.78 is 6.50. The smallest absolute Gasteiger partial charge is 0.309 e. The van der Waals surface area contributed by atoms with Crippen LogP contribution < -0.4 is 0 Å². The lowest BCUT2D eigenvalue weighted by Gasteiger charge is -2.10. The fraction of sp³-hybridized carbons (Fsp3) is 0.312. The van der Waals surface area contributed by atoms with Crippen LogP contribution in [0.4, 0.5) is 0 Å². The zero-order chi connectivity index (χ0) is 15.4. The lowest BCUT2D eigenvalue weighted by molar-refractivity contribution is -0.139. The predicted octanol–water partition coefficient (Wildman–Crippen LogP) is 2.08. The van der Waals surface area contributed by atoms with Crippen molar-refractivity contribution in [1.29, 1.82) is 0 Å². The Balaban J connectivity index is 2.32. The van der Waals surface area contributed by atoms with E-state index in [1.54, 1.807) is 4.68 Å². The SMILES string of the molecule is COC(=O)Cc1ccccc1Cn1nc(C)c(C=O)c1C. The highest BCUT2D eigenvalue weighted by Gasteiger charge is 2.13. The summed E-state index contributed by atoms with van der Waals surface area (Å²) in [6.07, 6.45) is 1.06. The largest absolute Gasteiger partial charge is 0.469 e. The predicted molar refractivity (Wildman–Crippen MR) is 78.4 cm³/mol. The summed E-state index contributed by atoms with van der Waals surface area (Å²) in [6, 6.07) is 7.66. The highest BCUT2D eigenvalue weighted by molar-refractivity contribution is 5.78. The van der Waals surface area contributed by atoms with E-state index in [9.17, 15) is 9.59 Å². The van der Waals surface area contributed by atoms with Gasteiger partial charge in [0.2, 0.25) is 0 Å². The standard InChI is InChI=1S/C16H18N2O3/c1-11-15(10-19)12(2)18(17-11)9-14-7-5-4-6-13(14)8-16(20)21-3/h4-7,10H,8-9H2,1-3H3. The molecule has 1 aromatic heterocycles. The summed E-state index contributed by atoms with van der Waals surface area (Å²) in [6.45, 7) is 4.20. The van der Waals surface area contributed by atoms with Crippen molar-refractivity contribution in [2.24, 2.45) is 0 Å². The molecule has 0 aliphatic carbocycles. The Labute approximate surface area is 123 Å². The van der Waals surface area contributed by atoms with Gasteiger partial charge in [-0.25, -0.2) is 0 Å². The minimum absolute atomic E-state index is 0.229. The van der Waals surface area contributed by atoms with Crippen LogP contribution in [-0.2, 0) is 22.5 Å². The Bertz CT molecular complexity index is 674. The quantitative estimate of drug-likeness (QED) is 0.623. The van der Waals surface area contributed by atoms with Gasteiger partial charge in [0, 0.05) is 5.69 Å². The van der Waals surface area contributed by atoms with Crippen molar-refractivity contribution in [3.63, 3.8) is 0 Å². The summed E-state index contributed by atoms with van der Waals surface area (Å²) in [4.78, 5) is 22.5. The molecule has 21 heavy (non-hydrogen) atoms. The van der Waals surface area contributed by atoms with Crippen LogP contribution in [0.2, 0.25) is 0 Å². The van der Waals surface area contributed by atoms with Gasteiger partial charge in [-0.05, 0) is 25.0 Å². The van der Waals surface area contributed by atoms with Crippen molar-refractivity contribution in [3.8, 4) is 0 Å². The average Bonchev–Trinajstić information content (AvgIpc) is 2.74. The van der Waals surface area contributed by atoms with Crippen LogP contribution in [0.25, 0.3) is 0 Å². The molecule has 0 atom stereocenters. The molecule has 0 aliphatic heterocycles. The number of carbonyl (C=O) groups is 2. The molecule has 0 spiro atoms. The van der Waals surface area contributed by atoms with E-state index in [1.807, 2.05) is 38.1 Å². The maximum Gasteiger partial charge on any atom is 0.309 e. The number of rotatable bonds is 5. The van der Waals surface area contributed by atoms with Crippen LogP contribution in [0.3, 0.4) is 0 Å². The number of esters is 1. The molecule has 2 rings (SSSR count). The number of benzene rings is 1. The van der Waals surface area contributed by atoms with Gasteiger partial charge >= 0.3 is 5.97 Å². The molecule has 0 amide bonds. The number of hydrogen-bond acceptors (Lipinski definition) is 4. The van der Waals surface area contributed by atoms with Crippen molar-refractivity contribution in [2.45, 2.75) is 26.8 Å². The van der Waals surface area contributed by atoms with Crippen LogP contribution in [0, 0.1) is 13.8 Å². The number of aldehydes is 1. The maximum atomic E-state index is 11.5. The van der Waals surface area contributed by atoms with Gasteiger partial charge in [0.25, 0.3) is 0 Å². The third kappa shape index (κ3) is 3.18. The molecule has 1 heterocycles. The molecule has 0 aliphatic rings. The number of methoxy groups -OCH3 is 1. The van der Waals surface area contributed by atoms with E-state index in [2.05, 4.69) is 5.10 Å². The van der Waals surface area contributed by atoms with Crippen molar-refractivity contribution < 1.29 is 14.3 Å². The van der Waals surface area contributed by atoms with Crippen LogP contribution in [0.15, 0.2) is 24.3 Å². The highest BCUT2D eigenvalue weighted by Crippen LogP contribution is 2.16. The number of carbonyl (C=O) groups excluding carboxylic acids is 2. The Morgan fingerprint density at radius 2 is 1.95 bits per heavy atom. The topological polar surface area (TPSA) is 61.2 Å². The molecule has 110 valence electrons. The Morgan fingerprint density at radius 3 is 2.52 bits per heavy atom. The molecule has 5 heteroatoms. The first-order valence-corrected chi connectivity index (χ1v) is 6.69. The number of aryl methyl sites for hydroxylation is 1. The van der Waals surface area contributed by atoms with Gasteiger partial charge in [0.15, 0.2) is 6.29 Å². The van der Waals surface area contributed by atoms with Gasteiger partial charge in [0.1, 0.15) is 0 Å². The van der Waals surface area contributed by atoms with Gasteiger partial charge < -0.3 is 4.74 Å². The molecule has 0 N–H and O–H groups in total. The van der Waals surface area contributed by atoms with Crippen LogP contribution >= 0.6 is 0 Å². The van der Waals surface area contributed by atoms with Gasteiger partial charge in [-0.3, -0.25) is 14.3 Å². The molecule has 2 aromatic rings. The second-order valence-corrected chi connectivity index (χ2v) is 4.88. The second kappa shape index (κ2) is 6.35. The molecule has 0 saturated carbocycles. The molecule has 0 bridgehead atoms. The zero-order valence-corrected chi connectivity index (χ0v) is 12.4. The van der Waals surface area contributed by atoms with Crippen LogP contribution in [0.1, 0.15) is 32.9 Å². The number of nitrogens with zero attached hydrogens (tertiary/aromatic N) is 2. The Morgan fingerprint density at radius 1 is 1.29 bits per heavy atom. The van der Waals surface area contributed by atoms with Crippen molar-refractivity contribution in [3.05, 3.63) is 52.3 Å². The summed E-state index contributed by atoms with van der Waals surface area (Å²) in [5.74, 6) is -0.274. The van der Waals surface area contributed by atoms with Crippen LogP contribution in [0.5, 0.6) is 0 Å². The summed E-state index contributed by atoms with van der Waals surface area (Å²) in [5, 5.41) is 4.39. The van der Waals surface area contributed by atoms with E-state index in [0.29, 0.717) is 17.8 Å². The lowest BCUT2D eigenvalue weighted by atomic mass is 10.0. The molecular weight excluding hydrogens is 268 g/mol. The van der Waals surface area contributed by atoms with E-state index < -0.39 is 0 Å². The lowest BCUT2D eigenvalue weighted by Crippen LogP contribution is -2.10. The molecule has 0 fully saturated rings. The van der Waals surface area contributed by atoms with E-state index in [4.69, 9.17) is 4.74 Å². The molecule has 0 saturated heterocycles. The minimum atomic E-state index is -0.274. The summed E-state index contributed by atoms with van der Waals surface area (Å²) in [5.41, 5.74) is 4.07. The Kier molecular flexibility index (Phi) is 4.52. The van der Waals surface area contributed by atoms with Gasteiger partial charge in [-0.1, -0.05) is 24.3 Å². The third-order valence-corrected chi connectivity index (χ3v) is 3.56. The van der Waals surface area contributed by atoms with E-state index >= 15 is 0 Å². The first-order chi connectivity index (χ1) is 10.1. The third-order valence-electron chi connectivity index (χ3n) is 3.56. The molecule has 5 nitrogen and oxygen atoms in total. The summed E-state index contributed by atoms with van der Waals surface area (Å²) in [7, 11) is 1.38. The highest BCUT2D eigenvalue weighted by atomic mass is 16.5. The minimum Gasteiger partial charge on any atom is -0.469 e. The number of ether oxygens (including phenoxy) is 1. The molecule has 0 unspecified atom stereocenters. The van der Waals surface area contributed by atoms with E-state index in [1.165, 1.54) is 7.11 Å². The monoisotopic (exact) mass is 286 g/mol. The first-order valence-electron chi connectivity index (χ1n) is 6.69. The first kappa shape index (κ1) is 15.0. The number of aromatic nitrogens is 2. The Hall–Kier alpha value is -2.43. The van der Waals surface area contributed by atoms with Crippen molar-refractivity contribution in [1.82, 2.24) is 9.78 Å². The second-order valence-electron chi connectivity index (χ2n) is 4.88. The van der Waals surface area contributed by atoms with E-state index in [0.717, 1.165) is 23.1 Å². The fourth-order valence-corrected chi connectivity index (χ4v) is 2.31. The van der Waals surface area contributed by atoms with Gasteiger partial charge in [-0.2, -0.15) is 5.10 Å². The van der Waals surface area contributed by atoms with Gasteiger partial charge in [0.05, 0.1) is 31.3 Å². The average molecular weight is 286 g/mol. The summed E-state index contributed by atoms with van der Waals surface area (Å²) >= 11 is 0. The van der Waals surface area contributed by atoms with Crippen molar-refractivity contribution >= 4 is 12.3 Å². The van der Waals surface area contributed by atoms with Crippen molar-refractivity contribution in [2.75, 3.05) is 7.11 Å². The number of hydrogen-bond donors (Lipinski definition) is 0. The van der Waals surface area contributed by atoms with Crippen LogP contribution in [-0.4, -0.2) is 29.1 Å². The van der Waals surface area contributed by atoms with E-state index in [-0.39, 0.29) is 12.4 Å². The molecule has 0 radical (unpaired) electrons. The normalized spacial score (nSPS) is 10.4. The zero-order valence-electron chi connectivity index (χ0n) is 12.4. The maximum absolute atomic E-state index is 11.5. The van der Waals surface area contributed by atoms with Gasteiger partial charge in [-0.15, -0.1) is 0 Å².